The van der Waals surface area contributed by atoms with Gasteiger partial charge >= 0.3 is 0 Å². The Bertz CT molecular complexity index is 569. The number of carbonyl (C=O) groups is 2. The summed E-state index contributed by atoms with van der Waals surface area (Å²) >= 11 is 1.50. The summed E-state index contributed by atoms with van der Waals surface area (Å²) in [5, 5.41) is 6.35. The van der Waals surface area contributed by atoms with Crippen molar-refractivity contribution in [3.8, 4) is 0 Å². The van der Waals surface area contributed by atoms with Gasteiger partial charge in [-0.2, -0.15) is 0 Å². The molecule has 6 nitrogen and oxygen atoms in total. The number of thioether (sulfide) groups is 1. The van der Waals surface area contributed by atoms with Crippen LogP contribution in [0.25, 0.3) is 0 Å². The maximum Gasteiger partial charge on any atom is 0.242 e. The van der Waals surface area contributed by atoms with Gasteiger partial charge in [-0.3, -0.25) is 9.59 Å². The van der Waals surface area contributed by atoms with E-state index in [1.807, 2.05) is 34.0 Å². The molecule has 2 N–H and O–H groups in total. The second-order valence-electron chi connectivity index (χ2n) is 5.97. The third-order valence-electron chi connectivity index (χ3n) is 3.96. The molecule has 0 aliphatic rings. The molecular formula is C17H28N4O2S. The summed E-state index contributed by atoms with van der Waals surface area (Å²) in [5.41, 5.74) is 2.81. The molecule has 7 heteroatoms. The molecule has 0 aliphatic heterocycles. The van der Waals surface area contributed by atoms with Crippen LogP contribution >= 0.6 is 11.8 Å². The van der Waals surface area contributed by atoms with Gasteiger partial charge in [-0.15, -0.1) is 0 Å². The van der Waals surface area contributed by atoms with E-state index in [0.29, 0.717) is 12.8 Å². The molecule has 1 heterocycles. The predicted octanol–water partition coefficient (Wildman–Crippen LogP) is 2.17. The maximum atomic E-state index is 12.1. The summed E-state index contributed by atoms with van der Waals surface area (Å²) < 4.78 is 0. The van der Waals surface area contributed by atoms with E-state index in [2.05, 4.69) is 20.6 Å². The molecule has 0 aliphatic carbocycles. The molecule has 0 aromatic carbocycles. The van der Waals surface area contributed by atoms with E-state index in [9.17, 15) is 9.59 Å². The zero-order valence-corrected chi connectivity index (χ0v) is 16.2. The topological polar surface area (TPSA) is 84.0 Å². The van der Waals surface area contributed by atoms with Gasteiger partial charge in [-0.05, 0) is 52.4 Å². The van der Waals surface area contributed by atoms with Crippen LogP contribution in [-0.4, -0.2) is 40.1 Å². The zero-order chi connectivity index (χ0) is 18.3. The van der Waals surface area contributed by atoms with Gasteiger partial charge < -0.3 is 10.6 Å². The number of hydrogen-bond acceptors (Lipinski definition) is 5. The van der Waals surface area contributed by atoms with Crippen LogP contribution in [0, 0.1) is 13.8 Å². The molecule has 0 fully saturated rings. The second-order valence-corrected chi connectivity index (χ2v) is 6.74. The van der Waals surface area contributed by atoms with Crippen LogP contribution in [0.2, 0.25) is 0 Å². The highest BCUT2D eigenvalue weighted by atomic mass is 32.2. The second kappa shape index (κ2) is 9.61. The smallest absolute Gasteiger partial charge is 0.242 e. The van der Waals surface area contributed by atoms with E-state index in [1.54, 1.807) is 6.92 Å². The van der Waals surface area contributed by atoms with E-state index in [-0.39, 0.29) is 17.9 Å². The molecule has 0 saturated carbocycles. The molecule has 2 amide bonds. The average Bonchev–Trinajstić information content (AvgIpc) is 2.53. The van der Waals surface area contributed by atoms with E-state index < -0.39 is 6.04 Å². The van der Waals surface area contributed by atoms with Crippen LogP contribution in [0.4, 0.5) is 0 Å². The van der Waals surface area contributed by atoms with Crippen LogP contribution in [0.15, 0.2) is 5.16 Å². The molecule has 1 aromatic heterocycles. The molecule has 0 saturated heterocycles. The standard InChI is InChI=1S/C17H28N4O2S/c1-7-10(2)18-16(23)13(5)19-15(22)9-8-14-11(3)20-17(24-6)21-12(14)4/h10,13H,7-9H2,1-6H3,(H,18,23)(H,19,22). The highest BCUT2D eigenvalue weighted by Crippen LogP contribution is 2.17. The minimum Gasteiger partial charge on any atom is -0.352 e. The van der Waals surface area contributed by atoms with Crippen molar-refractivity contribution in [3.05, 3.63) is 17.0 Å². The van der Waals surface area contributed by atoms with Crippen molar-refractivity contribution in [2.45, 2.75) is 71.1 Å². The van der Waals surface area contributed by atoms with Crippen molar-refractivity contribution in [1.29, 1.82) is 0 Å². The summed E-state index contributed by atoms with van der Waals surface area (Å²) in [5.74, 6) is -0.299. The fourth-order valence-corrected chi connectivity index (χ4v) is 2.71. The Kier molecular flexibility index (Phi) is 8.18. The van der Waals surface area contributed by atoms with Crippen molar-refractivity contribution in [2.24, 2.45) is 0 Å². The summed E-state index contributed by atoms with van der Waals surface area (Å²) in [7, 11) is 0. The van der Waals surface area contributed by atoms with Crippen molar-refractivity contribution in [1.82, 2.24) is 20.6 Å². The van der Waals surface area contributed by atoms with Gasteiger partial charge in [0, 0.05) is 23.9 Å². The number of aromatic nitrogens is 2. The highest BCUT2D eigenvalue weighted by molar-refractivity contribution is 7.98. The van der Waals surface area contributed by atoms with Crippen molar-refractivity contribution in [3.63, 3.8) is 0 Å². The van der Waals surface area contributed by atoms with Crippen molar-refractivity contribution < 1.29 is 9.59 Å². The Balaban J connectivity index is 2.56. The van der Waals surface area contributed by atoms with Crippen LogP contribution in [0.5, 0.6) is 0 Å². The fourth-order valence-electron chi connectivity index (χ4n) is 2.25. The van der Waals surface area contributed by atoms with Crippen molar-refractivity contribution >= 4 is 23.6 Å². The Morgan fingerprint density at radius 3 is 2.21 bits per heavy atom. The molecule has 0 spiro atoms. The lowest BCUT2D eigenvalue weighted by Crippen LogP contribution is -2.47. The van der Waals surface area contributed by atoms with E-state index in [0.717, 1.165) is 28.5 Å². The zero-order valence-electron chi connectivity index (χ0n) is 15.4. The number of aryl methyl sites for hydroxylation is 2. The molecular weight excluding hydrogens is 324 g/mol. The van der Waals surface area contributed by atoms with Gasteiger partial charge in [0.25, 0.3) is 0 Å². The van der Waals surface area contributed by atoms with E-state index >= 15 is 0 Å². The van der Waals surface area contributed by atoms with E-state index in [1.165, 1.54) is 11.8 Å². The number of nitrogens with one attached hydrogen (secondary N) is 2. The Hall–Kier alpha value is -1.63. The molecule has 134 valence electrons. The summed E-state index contributed by atoms with van der Waals surface area (Å²) in [6, 6.07) is -0.432. The molecule has 24 heavy (non-hydrogen) atoms. The first kappa shape index (κ1) is 20.4. The number of hydrogen-bond donors (Lipinski definition) is 2. The summed E-state index contributed by atoms with van der Waals surface area (Å²) in [6.07, 6.45) is 3.67. The minimum absolute atomic E-state index is 0.106. The lowest BCUT2D eigenvalue weighted by molar-refractivity contribution is -0.128. The minimum atomic E-state index is -0.538. The third kappa shape index (κ3) is 6.11. The van der Waals surface area contributed by atoms with Gasteiger partial charge in [0.15, 0.2) is 5.16 Å². The predicted molar refractivity (Wildman–Crippen MR) is 97.1 cm³/mol. The van der Waals surface area contributed by atoms with Gasteiger partial charge in [-0.1, -0.05) is 18.7 Å². The molecule has 2 unspecified atom stereocenters. The summed E-state index contributed by atoms with van der Waals surface area (Å²) in [6.45, 7) is 9.51. The molecule has 1 rings (SSSR count). The fraction of sp³-hybridized carbons (Fsp3) is 0.647. The molecule has 0 bridgehead atoms. The monoisotopic (exact) mass is 352 g/mol. The quantitative estimate of drug-likeness (QED) is 0.553. The maximum absolute atomic E-state index is 12.1. The Morgan fingerprint density at radius 1 is 1.12 bits per heavy atom. The average molecular weight is 353 g/mol. The van der Waals surface area contributed by atoms with Crippen molar-refractivity contribution in [2.75, 3.05) is 6.26 Å². The van der Waals surface area contributed by atoms with Crippen LogP contribution < -0.4 is 10.6 Å². The lowest BCUT2D eigenvalue weighted by atomic mass is 10.1. The SMILES string of the molecule is CCC(C)NC(=O)C(C)NC(=O)CCc1c(C)nc(SC)nc1C. The van der Waals surface area contributed by atoms with Gasteiger partial charge in [-0.25, -0.2) is 9.97 Å². The van der Waals surface area contributed by atoms with Gasteiger partial charge in [0.05, 0.1) is 0 Å². The molecule has 2 atom stereocenters. The number of nitrogens with zero attached hydrogens (tertiary/aromatic N) is 2. The molecule has 0 radical (unpaired) electrons. The first-order valence-electron chi connectivity index (χ1n) is 8.26. The first-order chi connectivity index (χ1) is 11.3. The first-order valence-corrected chi connectivity index (χ1v) is 9.48. The third-order valence-corrected chi connectivity index (χ3v) is 4.50. The Labute approximate surface area is 148 Å². The van der Waals surface area contributed by atoms with Gasteiger partial charge in [0.1, 0.15) is 6.04 Å². The largest absolute Gasteiger partial charge is 0.352 e. The van der Waals surface area contributed by atoms with Crippen LogP contribution in [0.3, 0.4) is 0 Å². The summed E-state index contributed by atoms with van der Waals surface area (Å²) in [4.78, 5) is 32.9. The number of rotatable bonds is 8. The van der Waals surface area contributed by atoms with Crippen LogP contribution in [-0.2, 0) is 16.0 Å². The number of carbonyl (C=O) groups excluding carboxylic acids is 2. The number of amides is 2. The normalized spacial score (nSPS) is 13.2. The van der Waals surface area contributed by atoms with Crippen LogP contribution in [0.1, 0.15) is 50.6 Å². The lowest BCUT2D eigenvalue weighted by Gasteiger charge is -2.17. The molecule has 1 aromatic rings. The van der Waals surface area contributed by atoms with Gasteiger partial charge in [0.2, 0.25) is 11.8 Å². The van der Waals surface area contributed by atoms with E-state index in [4.69, 9.17) is 0 Å². The highest BCUT2D eigenvalue weighted by Gasteiger charge is 2.17. The Morgan fingerprint density at radius 2 is 1.71 bits per heavy atom.